The molecule has 0 heterocycles. The zero-order valence-electron chi connectivity index (χ0n) is 11.2. The molecule has 1 rings (SSSR count). The Morgan fingerprint density at radius 3 is 2.50 bits per heavy atom. The lowest BCUT2D eigenvalue weighted by atomic mass is 10.0. The van der Waals surface area contributed by atoms with Crippen LogP contribution in [-0.4, -0.2) is 25.0 Å². The van der Waals surface area contributed by atoms with E-state index >= 15 is 0 Å². The molecule has 20 heavy (non-hydrogen) atoms. The van der Waals surface area contributed by atoms with Crippen LogP contribution in [0.3, 0.4) is 0 Å². The van der Waals surface area contributed by atoms with Gasteiger partial charge in [0.25, 0.3) is 0 Å². The molecule has 0 spiro atoms. The molecule has 0 fully saturated rings. The van der Waals surface area contributed by atoms with E-state index in [9.17, 15) is 9.59 Å². The van der Waals surface area contributed by atoms with Crippen molar-refractivity contribution in [3.8, 4) is 5.75 Å². The average molecular weight is 362 g/mol. The maximum atomic E-state index is 12.2. The van der Waals surface area contributed by atoms with E-state index in [0.29, 0.717) is 16.8 Å². The topological polar surface area (TPSA) is 52.6 Å². The summed E-state index contributed by atoms with van der Waals surface area (Å²) in [5, 5.41) is 0.144. The molecule has 0 saturated carbocycles. The summed E-state index contributed by atoms with van der Waals surface area (Å²) in [7, 11) is 0. The average Bonchev–Trinajstić information content (AvgIpc) is 2.41. The first-order chi connectivity index (χ1) is 9.42. The van der Waals surface area contributed by atoms with Gasteiger partial charge in [0.15, 0.2) is 0 Å². The Kier molecular flexibility index (Phi) is 6.23. The van der Waals surface area contributed by atoms with Crippen LogP contribution in [0, 0.1) is 0 Å². The van der Waals surface area contributed by atoms with E-state index in [2.05, 4.69) is 22.5 Å². The van der Waals surface area contributed by atoms with Gasteiger partial charge >= 0.3 is 5.97 Å². The Morgan fingerprint density at radius 2 is 1.95 bits per heavy atom. The van der Waals surface area contributed by atoms with E-state index in [4.69, 9.17) is 21.1 Å². The van der Waals surface area contributed by atoms with Gasteiger partial charge in [-0.3, -0.25) is 4.79 Å². The normalized spacial score (nSPS) is 10.0. The van der Waals surface area contributed by atoms with Crippen molar-refractivity contribution in [1.29, 1.82) is 0 Å². The van der Waals surface area contributed by atoms with Gasteiger partial charge in [-0.05, 0) is 26.0 Å². The first kappa shape index (κ1) is 16.7. The molecule has 0 N–H and O–H groups in total. The molecule has 0 radical (unpaired) electrons. The van der Waals surface area contributed by atoms with Crippen molar-refractivity contribution in [1.82, 2.24) is 0 Å². The Morgan fingerprint density at radius 1 is 1.30 bits per heavy atom. The SMILES string of the molecule is C=C(C(=O)OCC)C(=O)c1cc(Br)cc(OCC)c1Cl. The molecule has 0 bridgehead atoms. The highest BCUT2D eigenvalue weighted by Crippen LogP contribution is 2.33. The Hall–Kier alpha value is -1.33. The van der Waals surface area contributed by atoms with Crippen LogP contribution in [-0.2, 0) is 9.53 Å². The van der Waals surface area contributed by atoms with E-state index in [1.807, 2.05) is 0 Å². The summed E-state index contributed by atoms with van der Waals surface area (Å²) < 4.78 is 10.7. The summed E-state index contributed by atoms with van der Waals surface area (Å²) in [6.07, 6.45) is 0. The highest BCUT2D eigenvalue weighted by atomic mass is 79.9. The molecule has 0 atom stereocenters. The predicted octanol–water partition coefficient (Wildman–Crippen LogP) is 3.80. The van der Waals surface area contributed by atoms with E-state index < -0.39 is 11.8 Å². The molecular weight excluding hydrogens is 348 g/mol. The second-order valence-corrected chi connectivity index (χ2v) is 5.02. The second-order valence-electron chi connectivity index (χ2n) is 3.73. The van der Waals surface area contributed by atoms with Gasteiger partial charge < -0.3 is 9.47 Å². The summed E-state index contributed by atoms with van der Waals surface area (Å²) in [5.74, 6) is -0.981. The van der Waals surface area contributed by atoms with Crippen LogP contribution in [0.5, 0.6) is 5.75 Å². The minimum atomic E-state index is -0.758. The summed E-state index contributed by atoms with van der Waals surface area (Å²) in [4.78, 5) is 23.8. The van der Waals surface area contributed by atoms with Crippen molar-refractivity contribution >= 4 is 39.3 Å². The van der Waals surface area contributed by atoms with Crippen LogP contribution in [0.1, 0.15) is 24.2 Å². The molecule has 0 aliphatic carbocycles. The fourth-order valence-electron chi connectivity index (χ4n) is 1.46. The first-order valence-corrected chi connectivity index (χ1v) is 7.12. The molecular formula is C14H14BrClO4. The van der Waals surface area contributed by atoms with E-state index in [0.717, 1.165) is 0 Å². The maximum Gasteiger partial charge on any atom is 0.341 e. The number of benzene rings is 1. The molecule has 0 aromatic heterocycles. The van der Waals surface area contributed by atoms with Gasteiger partial charge in [0.1, 0.15) is 11.3 Å². The van der Waals surface area contributed by atoms with Crippen LogP contribution < -0.4 is 4.74 Å². The van der Waals surface area contributed by atoms with Crippen molar-refractivity contribution in [3.05, 3.63) is 39.3 Å². The minimum absolute atomic E-state index is 0.141. The molecule has 0 aliphatic rings. The summed E-state index contributed by atoms with van der Waals surface area (Å²) in [5.41, 5.74) is -0.128. The molecule has 1 aromatic rings. The molecule has 6 heteroatoms. The largest absolute Gasteiger partial charge is 0.492 e. The quantitative estimate of drug-likeness (QED) is 0.254. The van der Waals surface area contributed by atoms with Crippen molar-refractivity contribution in [2.45, 2.75) is 13.8 Å². The van der Waals surface area contributed by atoms with E-state index in [-0.39, 0.29) is 22.8 Å². The number of esters is 1. The number of hydrogen-bond acceptors (Lipinski definition) is 4. The number of hydrogen-bond donors (Lipinski definition) is 0. The number of ketones is 1. The van der Waals surface area contributed by atoms with Crippen LogP contribution in [0.25, 0.3) is 0 Å². The van der Waals surface area contributed by atoms with Crippen LogP contribution in [0.2, 0.25) is 5.02 Å². The summed E-state index contributed by atoms with van der Waals surface area (Å²) in [6.45, 7) is 7.48. The van der Waals surface area contributed by atoms with Crippen LogP contribution in [0.15, 0.2) is 28.8 Å². The predicted molar refractivity (Wildman–Crippen MR) is 80.4 cm³/mol. The van der Waals surface area contributed by atoms with Gasteiger partial charge in [0, 0.05) is 10.0 Å². The highest BCUT2D eigenvalue weighted by molar-refractivity contribution is 9.10. The van der Waals surface area contributed by atoms with Gasteiger partial charge in [-0.1, -0.05) is 34.1 Å². The Bertz CT molecular complexity index is 554. The highest BCUT2D eigenvalue weighted by Gasteiger charge is 2.23. The lowest BCUT2D eigenvalue weighted by Gasteiger charge is -2.11. The monoisotopic (exact) mass is 360 g/mol. The summed E-state index contributed by atoms with van der Waals surface area (Å²) in [6, 6.07) is 3.16. The third-order valence-corrected chi connectivity index (χ3v) is 3.19. The number of ether oxygens (including phenoxy) is 2. The molecule has 0 unspecified atom stereocenters. The van der Waals surface area contributed by atoms with E-state index in [1.54, 1.807) is 19.9 Å². The van der Waals surface area contributed by atoms with Gasteiger partial charge in [0.2, 0.25) is 5.78 Å². The van der Waals surface area contributed by atoms with Crippen LogP contribution >= 0.6 is 27.5 Å². The molecule has 4 nitrogen and oxygen atoms in total. The smallest absolute Gasteiger partial charge is 0.341 e. The van der Waals surface area contributed by atoms with Crippen molar-refractivity contribution in [2.75, 3.05) is 13.2 Å². The number of halogens is 2. The van der Waals surface area contributed by atoms with Crippen molar-refractivity contribution < 1.29 is 19.1 Å². The summed E-state index contributed by atoms with van der Waals surface area (Å²) >= 11 is 9.39. The molecule has 1 aromatic carbocycles. The number of Topliss-reactive ketones (excluding diaryl/α,β-unsaturated/α-hetero) is 1. The van der Waals surface area contributed by atoms with E-state index in [1.165, 1.54) is 6.07 Å². The number of carbonyl (C=O) groups excluding carboxylic acids is 2. The number of carbonyl (C=O) groups is 2. The zero-order chi connectivity index (χ0) is 15.3. The van der Waals surface area contributed by atoms with Gasteiger partial charge in [-0.2, -0.15) is 0 Å². The third kappa shape index (κ3) is 3.84. The van der Waals surface area contributed by atoms with Gasteiger partial charge in [0.05, 0.1) is 18.2 Å². The Labute approximate surface area is 130 Å². The Balaban J connectivity index is 3.16. The molecule has 0 saturated heterocycles. The standard InChI is InChI=1S/C14H14BrClO4/c1-4-19-11-7-9(15)6-10(12(11)16)13(17)8(3)14(18)20-5-2/h6-7H,3-5H2,1-2H3. The first-order valence-electron chi connectivity index (χ1n) is 5.94. The van der Waals surface area contributed by atoms with Crippen molar-refractivity contribution in [2.24, 2.45) is 0 Å². The minimum Gasteiger partial charge on any atom is -0.492 e. The van der Waals surface area contributed by atoms with Crippen molar-refractivity contribution in [3.63, 3.8) is 0 Å². The second kappa shape index (κ2) is 7.45. The van der Waals surface area contributed by atoms with Gasteiger partial charge in [-0.15, -0.1) is 0 Å². The zero-order valence-corrected chi connectivity index (χ0v) is 13.5. The maximum absolute atomic E-state index is 12.2. The lowest BCUT2D eigenvalue weighted by Crippen LogP contribution is -2.15. The van der Waals surface area contributed by atoms with Crippen LogP contribution in [0.4, 0.5) is 0 Å². The fourth-order valence-corrected chi connectivity index (χ4v) is 2.15. The lowest BCUT2D eigenvalue weighted by molar-refractivity contribution is -0.138. The fraction of sp³-hybridized carbons (Fsp3) is 0.286. The third-order valence-electron chi connectivity index (χ3n) is 2.34. The molecule has 0 aliphatic heterocycles. The molecule has 108 valence electrons. The molecule has 0 amide bonds. The van der Waals surface area contributed by atoms with Gasteiger partial charge in [-0.25, -0.2) is 4.79 Å². The number of rotatable bonds is 6.